The van der Waals surface area contributed by atoms with Crippen molar-refractivity contribution in [3.8, 4) is 5.19 Å². The van der Waals surface area contributed by atoms with Crippen molar-refractivity contribution in [3.63, 3.8) is 0 Å². The summed E-state index contributed by atoms with van der Waals surface area (Å²) < 4.78 is 10.7. The van der Waals surface area contributed by atoms with E-state index in [4.69, 9.17) is 15.2 Å². The Labute approximate surface area is 74.3 Å². The van der Waals surface area contributed by atoms with Gasteiger partial charge in [-0.05, 0) is 0 Å². The molecule has 1 aliphatic heterocycles. The molecule has 1 atom stereocenters. The molecule has 4 nitrogen and oxygen atoms in total. The van der Waals surface area contributed by atoms with Gasteiger partial charge in [-0.15, -0.1) is 0 Å². The number of rotatable bonds is 2. The molecule has 0 spiro atoms. The first-order chi connectivity index (χ1) is 5.84. The molecule has 0 bridgehead atoms. The molecule has 0 radical (unpaired) electrons. The molecule has 0 aromatic carbocycles. The van der Waals surface area contributed by atoms with Crippen molar-refractivity contribution in [2.45, 2.75) is 12.5 Å². The first-order valence-corrected chi connectivity index (χ1v) is 4.62. The van der Waals surface area contributed by atoms with Crippen LogP contribution < -0.4 is 10.5 Å². The van der Waals surface area contributed by atoms with Crippen molar-refractivity contribution >= 4 is 16.3 Å². The molecule has 0 saturated carbocycles. The maximum absolute atomic E-state index is 5.50. The van der Waals surface area contributed by atoms with Gasteiger partial charge < -0.3 is 15.2 Å². The van der Waals surface area contributed by atoms with Gasteiger partial charge in [-0.25, -0.2) is 4.98 Å². The van der Waals surface area contributed by atoms with E-state index >= 15 is 0 Å². The molecule has 2 heterocycles. The third-order valence-electron chi connectivity index (χ3n) is 1.66. The van der Waals surface area contributed by atoms with Crippen LogP contribution in [0.15, 0.2) is 6.20 Å². The van der Waals surface area contributed by atoms with Crippen LogP contribution in [-0.2, 0) is 4.74 Å². The van der Waals surface area contributed by atoms with Crippen LogP contribution in [0.2, 0.25) is 0 Å². The molecule has 2 rings (SSSR count). The number of hydrogen-bond acceptors (Lipinski definition) is 5. The Morgan fingerprint density at radius 2 is 2.67 bits per heavy atom. The Morgan fingerprint density at radius 3 is 3.25 bits per heavy atom. The van der Waals surface area contributed by atoms with E-state index in [9.17, 15) is 0 Å². The molecule has 1 aromatic heterocycles. The number of nitrogens with zero attached hydrogens (tertiary/aromatic N) is 1. The molecular formula is C7H10N2O2S. The van der Waals surface area contributed by atoms with Gasteiger partial charge in [0.1, 0.15) is 11.1 Å². The third-order valence-corrected chi connectivity index (χ3v) is 2.38. The number of thiazole rings is 1. The summed E-state index contributed by atoms with van der Waals surface area (Å²) in [6.45, 7) is 1.45. The molecule has 1 unspecified atom stereocenters. The van der Waals surface area contributed by atoms with Crippen LogP contribution in [0, 0.1) is 0 Å². The lowest BCUT2D eigenvalue weighted by atomic mass is 10.3. The second kappa shape index (κ2) is 3.28. The first-order valence-electron chi connectivity index (χ1n) is 3.80. The zero-order valence-corrected chi connectivity index (χ0v) is 7.34. The van der Waals surface area contributed by atoms with Crippen LogP contribution >= 0.6 is 11.3 Å². The Bertz CT molecular complexity index is 258. The molecule has 12 heavy (non-hydrogen) atoms. The minimum atomic E-state index is 0.163. The molecule has 5 heteroatoms. The predicted molar refractivity (Wildman–Crippen MR) is 46.4 cm³/mol. The number of aromatic nitrogens is 1. The highest BCUT2D eigenvalue weighted by atomic mass is 32.1. The molecule has 1 saturated heterocycles. The normalized spacial score (nSPS) is 22.8. The van der Waals surface area contributed by atoms with E-state index in [1.807, 2.05) is 0 Å². The lowest BCUT2D eigenvalue weighted by Gasteiger charge is -2.06. The van der Waals surface area contributed by atoms with Gasteiger partial charge in [0, 0.05) is 6.42 Å². The largest absolute Gasteiger partial charge is 0.464 e. The van der Waals surface area contributed by atoms with Gasteiger partial charge in [-0.2, -0.15) is 0 Å². The molecule has 1 aromatic rings. The summed E-state index contributed by atoms with van der Waals surface area (Å²) in [7, 11) is 0. The van der Waals surface area contributed by atoms with Gasteiger partial charge in [0.25, 0.3) is 5.19 Å². The van der Waals surface area contributed by atoms with Gasteiger partial charge in [0.15, 0.2) is 0 Å². The molecule has 2 N–H and O–H groups in total. The van der Waals surface area contributed by atoms with Crippen molar-refractivity contribution < 1.29 is 9.47 Å². The van der Waals surface area contributed by atoms with E-state index in [-0.39, 0.29) is 6.10 Å². The van der Waals surface area contributed by atoms with Crippen LogP contribution in [0.25, 0.3) is 0 Å². The van der Waals surface area contributed by atoms with Crippen molar-refractivity contribution in [2.75, 3.05) is 18.9 Å². The van der Waals surface area contributed by atoms with E-state index < -0.39 is 0 Å². The van der Waals surface area contributed by atoms with Crippen LogP contribution in [-0.4, -0.2) is 24.3 Å². The third kappa shape index (κ3) is 1.67. The van der Waals surface area contributed by atoms with Crippen LogP contribution in [0.5, 0.6) is 5.19 Å². The van der Waals surface area contributed by atoms with E-state index in [0.717, 1.165) is 13.0 Å². The lowest BCUT2D eigenvalue weighted by molar-refractivity contribution is 0.141. The summed E-state index contributed by atoms with van der Waals surface area (Å²) in [5.74, 6) is 0. The Hall–Kier alpha value is -0.810. The summed E-state index contributed by atoms with van der Waals surface area (Å²) in [5, 5.41) is 1.33. The molecule has 1 aliphatic rings. The summed E-state index contributed by atoms with van der Waals surface area (Å²) in [6.07, 6.45) is 2.71. The Balaban J connectivity index is 1.94. The maximum Gasteiger partial charge on any atom is 0.275 e. The Morgan fingerprint density at radius 1 is 1.75 bits per heavy atom. The van der Waals surface area contributed by atoms with Gasteiger partial charge >= 0.3 is 0 Å². The highest BCUT2D eigenvalue weighted by molar-refractivity contribution is 7.17. The van der Waals surface area contributed by atoms with E-state index in [2.05, 4.69) is 4.98 Å². The van der Waals surface area contributed by atoms with E-state index in [1.54, 1.807) is 6.20 Å². The number of anilines is 1. The highest BCUT2D eigenvalue weighted by Crippen LogP contribution is 2.24. The first kappa shape index (κ1) is 7.82. The van der Waals surface area contributed by atoms with E-state index in [1.165, 1.54) is 11.3 Å². The summed E-state index contributed by atoms with van der Waals surface area (Å²) >= 11 is 1.36. The van der Waals surface area contributed by atoms with Gasteiger partial charge in [0.05, 0.1) is 19.4 Å². The molecule has 1 fully saturated rings. The number of nitrogens with two attached hydrogens (primary N) is 1. The molecule has 0 amide bonds. The number of nitrogen functional groups attached to an aromatic ring is 1. The number of hydrogen-bond donors (Lipinski definition) is 1. The average molecular weight is 186 g/mol. The molecule has 0 aliphatic carbocycles. The van der Waals surface area contributed by atoms with Crippen molar-refractivity contribution in [3.05, 3.63) is 6.20 Å². The van der Waals surface area contributed by atoms with Crippen LogP contribution in [0.4, 0.5) is 5.00 Å². The SMILES string of the molecule is Nc1cnc(OC2CCOC2)s1. The Kier molecular flexibility index (Phi) is 2.14. The van der Waals surface area contributed by atoms with Gasteiger partial charge in [0.2, 0.25) is 0 Å². The van der Waals surface area contributed by atoms with Gasteiger partial charge in [-0.3, -0.25) is 0 Å². The van der Waals surface area contributed by atoms with Crippen molar-refractivity contribution in [1.82, 2.24) is 4.98 Å². The second-order valence-corrected chi connectivity index (χ2v) is 3.66. The minimum absolute atomic E-state index is 0.163. The quantitative estimate of drug-likeness (QED) is 0.745. The van der Waals surface area contributed by atoms with Crippen molar-refractivity contribution in [2.24, 2.45) is 0 Å². The fourth-order valence-corrected chi connectivity index (χ4v) is 1.67. The maximum atomic E-state index is 5.50. The summed E-state index contributed by atoms with van der Waals surface area (Å²) in [5.41, 5.74) is 5.50. The zero-order chi connectivity index (χ0) is 8.39. The second-order valence-electron chi connectivity index (χ2n) is 2.63. The van der Waals surface area contributed by atoms with Crippen molar-refractivity contribution in [1.29, 1.82) is 0 Å². The highest BCUT2D eigenvalue weighted by Gasteiger charge is 2.18. The summed E-state index contributed by atoms with van der Waals surface area (Å²) in [4.78, 5) is 3.99. The number of ether oxygens (including phenoxy) is 2. The van der Waals surface area contributed by atoms with Crippen LogP contribution in [0.1, 0.15) is 6.42 Å². The fraction of sp³-hybridized carbons (Fsp3) is 0.571. The minimum Gasteiger partial charge on any atom is -0.464 e. The summed E-state index contributed by atoms with van der Waals surface area (Å²) in [6, 6.07) is 0. The zero-order valence-electron chi connectivity index (χ0n) is 6.53. The average Bonchev–Trinajstić information content (AvgIpc) is 2.63. The van der Waals surface area contributed by atoms with Crippen LogP contribution in [0.3, 0.4) is 0 Å². The predicted octanol–water partition coefficient (Wildman–Crippen LogP) is 0.893. The molecule has 66 valence electrons. The van der Waals surface area contributed by atoms with E-state index in [0.29, 0.717) is 16.8 Å². The molecular weight excluding hydrogens is 176 g/mol. The fourth-order valence-electron chi connectivity index (χ4n) is 1.07. The standard InChI is InChI=1S/C7H10N2O2S/c8-6-3-9-7(12-6)11-5-1-2-10-4-5/h3,5H,1-2,4,8H2. The topological polar surface area (TPSA) is 57.4 Å². The smallest absolute Gasteiger partial charge is 0.275 e. The lowest BCUT2D eigenvalue weighted by Crippen LogP contribution is -2.15. The monoisotopic (exact) mass is 186 g/mol. The van der Waals surface area contributed by atoms with Gasteiger partial charge in [-0.1, -0.05) is 11.3 Å².